The maximum Gasteiger partial charge on any atom is 0.379 e. The fourth-order valence-electron chi connectivity index (χ4n) is 4.11. The molecule has 0 spiro atoms. The number of benzene rings is 2. The van der Waals surface area contributed by atoms with Crippen molar-refractivity contribution in [2.75, 3.05) is 25.2 Å². The van der Waals surface area contributed by atoms with Crippen LogP contribution in [0.2, 0.25) is 0 Å². The van der Waals surface area contributed by atoms with E-state index >= 15 is 0 Å². The molecule has 180 valence electrons. The number of Topliss-reactive ketones (excluding diaryl/α,β-unsaturated/α-hetero) is 1. The van der Waals surface area contributed by atoms with Crippen LogP contribution in [0.3, 0.4) is 0 Å². The predicted octanol–water partition coefficient (Wildman–Crippen LogP) is 5.21. The zero-order valence-corrected chi connectivity index (χ0v) is 20.2. The Hall–Kier alpha value is -3.41. The zero-order valence-electron chi connectivity index (χ0n) is 20.2. The molecule has 0 N–H and O–H groups in total. The van der Waals surface area contributed by atoms with E-state index in [1.807, 2.05) is 47.4 Å². The average Bonchev–Trinajstić information content (AvgIpc) is 3.28. The number of rotatable bonds is 11. The first-order valence-electron chi connectivity index (χ1n) is 11.9. The summed E-state index contributed by atoms with van der Waals surface area (Å²) in [4.78, 5) is 39.8. The molecule has 2 aromatic rings. The zero-order chi connectivity index (χ0) is 24.5. The molecule has 0 saturated heterocycles. The Morgan fingerprint density at radius 3 is 2.50 bits per heavy atom. The van der Waals surface area contributed by atoms with E-state index in [2.05, 4.69) is 13.8 Å². The minimum atomic E-state index is -0.828. The number of nitrogens with zero attached hydrogens (tertiary/aromatic N) is 1. The number of ether oxygens (including phenoxy) is 2. The van der Waals surface area contributed by atoms with Crippen LogP contribution in [-0.2, 0) is 25.5 Å². The maximum absolute atomic E-state index is 13.2. The van der Waals surface area contributed by atoms with Crippen molar-refractivity contribution in [3.05, 3.63) is 71.4 Å². The van der Waals surface area contributed by atoms with Gasteiger partial charge in [-0.25, -0.2) is 9.59 Å². The Balaban J connectivity index is 1.83. The number of methoxy groups -OCH3 is 1. The normalized spacial score (nSPS) is 13.9. The first-order valence-corrected chi connectivity index (χ1v) is 11.9. The van der Waals surface area contributed by atoms with Crippen molar-refractivity contribution in [1.82, 2.24) is 0 Å². The summed E-state index contributed by atoms with van der Waals surface area (Å²) in [6.45, 7) is 5.09. The molecule has 1 heterocycles. The topological polar surface area (TPSA) is 72.9 Å². The lowest BCUT2D eigenvalue weighted by Gasteiger charge is -2.18. The van der Waals surface area contributed by atoms with Crippen molar-refractivity contribution >= 4 is 29.0 Å². The Kier molecular flexibility index (Phi) is 9.02. The molecule has 34 heavy (non-hydrogen) atoms. The third kappa shape index (κ3) is 6.13. The van der Waals surface area contributed by atoms with Crippen molar-refractivity contribution in [3.8, 4) is 0 Å². The molecule has 0 bridgehead atoms. The predicted molar refractivity (Wildman–Crippen MR) is 133 cm³/mol. The highest BCUT2D eigenvalue weighted by Gasteiger charge is 2.26. The van der Waals surface area contributed by atoms with E-state index in [-0.39, 0.29) is 24.1 Å². The fraction of sp³-hybridized carbons (Fsp3) is 0.393. The molecule has 1 aliphatic heterocycles. The molecule has 2 aromatic carbocycles. The number of hydrogen-bond acceptors (Lipinski definition) is 6. The van der Waals surface area contributed by atoms with Gasteiger partial charge in [-0.3, -0.25) is 4.79 Å². The molecule has 0 aliphatic carbocycles. The number of hydrogen-bond donors (Lipinski definition) is 0. The molecule has 0 saturated carbocycles. The van der Waals surface area contributed by atoms with Gasteiger partial charge in [0.15, 0.2) is 0 Å². The number of carbonyl (C=O) groups excluding carboxylic acids is 3. The summed E-state index contributed by atoms with van der Waals surface area (Å²) < 4.78 is 10.3. The van der Waals surface area contributed by atoms with Crippen LogP contribution in [0.4, 0.5) is 5.69 Å². The number of carbonyl (C=O) groups is 3. The van der Waals surface area contributed by atoms with E-state index in [0.717, 1.165) is 36.9 Å². The van der Waals surface area contributed by atoms with Crippen LogP contribution >= 0.6 is 0 Å². The van der Waals surface area contributed by atoms with Crippen molar-refractivity contribution in [1.29, 1.82) is 0 Å². The van der Waals surface area contributed by atoms with Crippen LogP contribution < -0.4 is 4.90 Å². The van der Waals surface area contributed by atoms with Gasteiger partial charge in [-0.15, -0.1) is 0 Å². The van der Waals surface area contributed by atoms with E-state index in [4.69, 9.17) is 9.47 Å². The van der Waals surface area contributed by atoms with Gasteiger partial charge in [-0.05, 0) is 48.1 Å². The number of unbranched alkanes of at least 4 members (excludes halogenated alkanes) is 1. The lowest BCUT2D eigenvalue weighted by Crippen LogP contribution is -2.24. The summed E-state index contributed by atoms with van der Waals surface area (Å²) in [5, 5.41) is 0. The molecule has 0 unspecified atom stereocenters. The Morgan fingerprint density at radius 1 is 1.06 bits per heavy atom. The van der Waals surface area contributed by atoms with Crippen molar-refractivity contribution < 1.29 is 23.9 Å². The fourth-order valence-corrected chi connectivity index (χ4v) is 4.11. The molecule has 1 aliphatic rings. The molecule has 0 aromatic heterocycles. The number of ketones is 1. The van der Waals surface area contributed by atoms with E-state index in [0.29, 0.717) is 24.1 Å². The lowest BCUT2D eigenvalue weighted by molar-refractivity contribution is -0.152. The van der Waals surface area contributed by atoms with Crippen molar-refractivity contribution in [2.45, 2.75) is 46.0 Å². The van der Waals surface area contributed by atoms with Crippen LogP contribution in [0, 0.1) is 5.92 Å². The van der Waals surface area contributed by atoms with Gasteiger partial charge in [0, 0.05) is 18.4 Å². The summed E-state index contributed by atoms with van der Waals surface area (Å²) in [6, 6.07) is 14.5. The van der Waals surface area contributed by atoms with E-state index in [9.17, 15) is 14.4 Å². The van der Waals surface area contributed by atoms with E-state index in [1.54, 1.807) is 12.3 Å². The van der Waals surface area contributed by atoms with E-state index < -0.39 is 11.8 Å². The third-order valence-electron chi connectivity index (χ3n) is 6.23. The first-order chi connectivity index (χ1) is 16.5. The number of anilines is 1. The Bertz CT molecular complexity index is 1040. The Labute approximate surface area is 201 Å². The minimum Gasteiger partial charge on any atom is -0.465 e. The minimum absolute atomic E-state index is 0.256. The van der Waals surface area contributed by atoms with Crippen LogP contribution in [0.1, 0.15) is 61.0 Å². The second kappa shape index (κ2) is 12.2. The molecule has 0 amide bonds. The molecule has 3 rings (SSSR count). The molecule has 6 nitrogen and oxygen atoms in total. The third-order valence-corrected chi connectivity index (χ3v) is 6.23. The second-order valence-corrected chi connectivity index (χ2v) is 8.53. The summed E-state index contributed by atoms with van der Waals surface area (Å²) in [5.74, 6) is -1.61. The number of fused-ring (bicyclic) bond motifs is 1. The van der Waals surface area contributed by atoms with Crippen molar-refractivity contribution in [3.63, 3.8) is 0 Å². The maximum atomic E-state index is 13.2. The van der Waals surface area contributed by atoms with Crippen LogP contribution in [0.25, 0.3) is 5.57 Å². The summed E-state index contributed by atoms with van der Waals surface area (Å²) >= 11 is 0. The van der Waals surface area contributed by atoms with Gasteiger partial charge in [-0.2, -0.15) is 0 Å². The first kappa shape index (κ1) is 25.2. The second-order valence-electron chi connectivity index (χ2n) is 8.53. The molecular weight excluding hydrogens is 430 g/mol. The molecular formula is C28H33NO5. The van der Waals surface area contributed by atoms with Gasteiger partial charge in [-0.1, -0.05) is 63.4 Å². The Morgan fingerprint density at radius 2 is 1.82 bits per heavy atom. The van der Waals surface area contributed by atoms with Crippen LogP contribution in [0.15, 0.2) is 54.7 Å². The van der Waals surface area contributed by atoms with Gasteiger partial charge >= 0.3 is 11.9 Å². The molecule has 0 radical (unpaired) electrons. The monoisotopic (exact) mass is 463 g/mol. The van der Waals surface area contributed by atoms with E-state index in [1.165, 1.54) is 7.11 Å². The summed E-state index contributed by atoms with van der Waals surface area (Å²) in [5.41, 5.74) is 3.32. The number of esters is 2. The average molecular weight is 464 g/mol. The van der Waals surface area contributed by atoms with Crippen LogP contribution in [0.5, 0.6) is 0 Å². The molecule has 1 atom stereocenters. The standard InChI is InChI=1S/C28H33NO5/c1-4-6-10-20(5-2)19-34-28(32)26(30)24(21-11-8-7-9-12-21)18-29-16-15-22-17-23(27(31)33-3)13-14-25(22)29/h7-9,11-14,17-18,20H,4-6,10,15-16,19H2,1-3H3/b24-18+/t20-/m1/s1. The lowest BCUT2D eigenvalue weighted by atomic mass is 10.0. The highest BCUT2D eigenvalue weighted by molar-refractivity contribution is 6.51. The van der Waals surface area contributed by atoms with Gasteiger partial charge in [0.05, 0.1) is 24.9 Å². The van der Waals surface area contributed by atoms with Gasteiger partial charge in [0.2, 0.25) is 0 Å². The molecule has 6 heteroatoms. The SMILES string of the molecule is CCCC[C@@H](CC)COC(=O)C(=O)/C(=C/N1CCc2cc(C(=O)OC)ccc21)c1ccccc1. The van der Waals surface area contributed by atoms with Crippen molar-refractivity contribution in [2.24, 2.45) is 5.92 Å². The highest BCUT2D eigenvalue weighted by Crippen LogP contribution is 2.31. The smallest absolute Gasteiger partial charge is 0.379 e. The van der Waals surface area contributed by atoms with Gasteiger partial charge in [0.25, 0.3) is 5.78 Å². The largest absolute Gasteiger partial charge is 0.465 e. The van der Waals surface area contributed by atoms with Gasteiger partial charge in [0.1, 0.15) is 0 Å². The van der Waals surface area contributed by atoms with Crippen LogP contribution in [-0.4, -0.2) is 38.0 Å². The molecule has 0 fully saturated rings. The van der Waals surface area contributed by atoms with Gasteiger partial charge < -0.3 is 14.4 Å². The summed E-state index contributed by atoms with van der Waals surface area (Å²) in [7, 11) is 1.36. The quantitative estimate of drug-likeness (QED) is 0.259. The highest BCUT2D eigenvalue weighted by atomic mass is 16.5. The summed E-state index contributed by atoms with van der Waals surface area (Å²) in [6.07, 6.45) is 6.48.